The first-order chi connectivity index (χ1) is 16.7. The van der Waals surface area contributed by atoms with Gasteiger partial charge in [-0.2, -0.15) is 13.2 Å². The van der Waals surface area contributed by atoms with Crippen molar-refractivity contribution in [3.8, 4) is 0 Å². The second kappa shape index (κ2) is 9.37. The molecule has 11 heteroatoms. The van der Waals surface area contributed by atoms with Crippen LogP contribution in [0.15, 0.2) is 49.1 Å². The normalized spacial score (nSPS) is 16.6. The van der Waals surface area contributed by atoms with E-state index in [-0.39, 0.29) is 11.9 Å². The number of pyridine rings is 1. The Bertz CT molecular complexity index is 1360. The number of nitrogens with one attached hydrogen (secondary N) is 2. The summed E-state index contributed by atoms with van der Waals surface area (Å²) in [5.74, 6) is 0.147. The number of rotatable bonds is 6. The number of aromatic amines is 1. The van der Waals surface area contributed by atoms with Gasteiger partial charge in [0.2, 0.25) is 6.33 Å². The monoisotopic (exact) mass is 523 g/mol. The topological polar surface area (TPSA) is 52.8 Å². The summed E-state index contributed by atoms with van der Waals surface area (Å²) in [5.41, 5.74) is 2.38. The van der Waals surface area contributed by atoms with Crippen molar-refractivity contribution in [1.29, 1.82) is 0 Å². The van der Waals surface area contributed by atoms with E-state index in [0.717, 1.165) is 36.1 Å². The van der Waals surface area contributed by atoms with Gasteiger partial charge in [0, 0.05) is 41.3 Å². The summed E-state index contributed by atoms with van der Waals surface area (Å²) in [6.45, 7) is 2.60. The molecule has 1 unspecified atom stereocenters. The third-order valence-corrected chi connectivity index (χ3v) is 6.89. The van der Waals surface area contributed by atoms with Gasteiger partial charge in [-0.25, -0.2) is 14.1 Å². The average molecular weight is 524 g/mol. The van der Waals surface area contributed by atoms with E-state index in [0.29, 0.717) is 18.1 Å². The maximum Gasteiger partial charge on any atom is 0.434 e. The highest BCUT2D eigenvalue weighted by atomic mass is 35.5. The molecular weight excluding hydrogens is 500 g/mol. The predicted molar refractivity (Wildman–Crippen MR) is 130 cm³/mol. The number of halogens is 5. The minimum Gasteiger partial charge on any atom is -0.369 e. The summed E-state index contributed by atoms with van der Waals surface area (Å²) in [5, 5.41) is 4.46. The van der Waals surface area contributed by atoms with E-state index in [1.807, 2.05) is 48.5 Å². The number of anilines is 1. The lowest BCUT2D eigenvalue weighted by atomic mass is 9.97. The van der Waals surface area contributed by atoms with E-state index >= 15 is 0 Å². The van der Waals surface area contributed by atoms with Crippen molar-refractivity contribution < 1.29 is 17.7 Å². The van der Waals surface area contributed by atoms with Crippen LogP contribution < -0.4 is 9.88 Å². The number of nitrogens with zero attached hydrogens (tertiary/aromatic N) is 4. The number of alkyl halides is 3. The number of H-pyrrole nitrogens is 1. The molecule has 5 rings (SSSR count). The van der Waals surface area contributed by atoms with Crippen LogP contribution in [0.1, 0.15) is 23.0 Å². The summed E-state index contributed by atoms with van der Waals surface area (Å²) in [4.78, 5) is 9.61. The molecule has 0 spiro atoms. The Morgan fingerprint density at radius 1 is 1.23 bits per heavy atom. The average Bonchev–Trinajstić information content (AvgIpc) is 3.38. The number of fused-ring (bicyclic) bond motifs is 3. The van der Waals surface area contributed by atoms with Gasteiger partial charge in [0.1, 0.15) is 24.8 Å². The fraction of sp³-hybridized carbons (Fsp3) is 0.333. The molecule has 1 aliphatic heterocycles. The number of aromatic nitrogens is 4. The van der Waals surface area contributed by atoms with E-state index in [4.69, 9.17) is 23.2 Å². The van der Waals surface area contributed by atoms with Crippen molar-refractivity contribution in [1.82, 2.24) is 19.4 Å². The molecular formula is C24H24Cl2F3N6+. The van der Waals surface area contributed by atoms with Gasteiger partial charge < -0.3 is 10.3 Å². The van der Waals surface area contributed by atoms with Crippen LogP contribution in [-0.4, -0.2) is 39.1 Å². The molecule has 0 fully saturated rings. The molecule has 0 saturated heterocycles. The molecule has 1 atom stereocenters. The number of imidazole rings is 1. The van der Waals surface area contributed by atoms with E-state index in [9.17, 15) is 13.2 Å². The number of hydrogen-bond donors (Lipinski definition) is 2. The number of benzene rings is 1. The van der Waals surface area contributed by atoms with Crippen LogP contribution in [0.5, 0.6) is 0 Å². The third-order valence-electron chi connectivity index (χ3n) is 6.35. The summed E-state index contributed by atoms with van der Waals surface area (Å²) in [6, 6.07) is 8.62. The molecule has 3 aromatic heterocycles. The Balaban J connectivity index is 1.37. The second-order valence-corrected chi connectivity index (χ2v) is 9.58. The first kappa shape index (κ1) is 24.0. The van der Waals surface area contributed by atoms with E-state index in [2.05, 4.69) is 24.8 Å². The van der Waals surface area contributed by atoms with Crippen LogP contribution in [0.25, 0.3) is 10.9 Å². The van der Waals surface area contributed by atoms with Gasteiger partial charge in [0.15, 0.2) is 5.69 Å². The standard InChI is InChI=1S/C24H24Cl2F3N6/c1-33-10-11-34(14-33)13-20-22-16(17-12-15(25)2-4-19(17)31-22)6-8-35(20)9-7-30-21-5-3-18(26)23(32-21)24(27,28)29/h2-5,10-12,14,20,31H,6-9,13H2,1H3,(H,30,32)/q+1. The van der Waals surface area contributed by atoms with Gasteiger partial charge in [-0.05, 0) is 42.3 Å². The van der Waals surface area contributed by atoms with Crippen molar-refractivity contribution in [3.63, 3.8) is 0 Å². The Morgan fingerprint density at radius 2 is 2.06 bits per heavy atom. The molecule has 2 N–H and O–H groups in total. The van der Waals surface area contributed by atoms with Crippen LogP contribution in [0.4, 0.5) is 19.0 Å². The minimum atomic E-state index is -4.60. The lowest BCUT2D eigenvalue weighted by molar-refractivity contribution is -0.702. The smallest absolute Gasteiger partial charge is 0.369 e. The molecule has 35 heavy (non-hydrogen) atoms. The fourth-order valence-electron chi connectivity index (χ4n) is 4.74. The maximum atomic E-state index is 13.2. The van der Waals surface area contributed by atoms with E-state index in [1.54, 1.807) is 0 Å². The fourth-order valence-corrected chi connectivity index (χ4v) is 5.12. The van der Waals surface area contributed by atoms with Gasteiger partial charge in [-0.15, -0.1) is 0 Å². The zero-order valence-electron chi connectivity index (χ0n) is 18.9. The van der Waals surface area contributed by atoms with Crippen LogP contribution in [0.2, 0.25) is 10.0 Å². The summed E-state index contributed by atoms with van der Waals surface area (Å²) < 4.78 is 43.6. The van der Waals surface area contributed by atoms with Crippen LogP contribution in [0, 0.1) is 0 Å². The Kier molecular flexibility index (Phi) is 6.41. The number of aryl methyl sites for hydroxylation is 1. The van der Waals surface area contributed by atoms with Crippen molar-refractivity contribution >= 4 is 39.9 Å². The SMILES string of the molecule is Cn1cc[n+](CC2c3[nH]c4ccc(Cl)cc4c3CCN2CCNc2ccc(Cl)c(C(F)(F)F)n2)c1. The Morgan fingerprint density at radius 3 is 2.80 bits per heavy atom. The highest BCUT2D eigenvalue weighted by Gasteiger charge is 2.36. The lowest BCUT2D eigenvalue weighted by Crippen LogP contribution is -2.46. The minimum absolute atomic E-state index is 0.0584. The van der Waals surface area contributed by atoms with Gasteiger partial charge in [0.05, 0.1) is 18.1 Å². The molecule has 0 bridgehead atoms. The maximum absolute atomic E-state index is 13.2. The highest BCUT2D eigenvalue weighted by Crippen LogP contribution is 2.36. The molecule has 0 amide bonds. The summed E-state index contributed by atoms with van der Waals surface area (Å²) >= 11 is 12.0. The van der Waals surface area contributed by atoms with Crippen molar-refractivity contribution in [2.75, 3.05) is 25.0 Å². The van der Waals surface area contributed by atoms with Crippen LogP contribution in [0.3, 0.4) is 0 Å². The lowest BCUT2D eigenvalue weighted by Gasteiger charge is -2.35. The van der Waals surface area contributed by atoms with Crippen LogP contribution in [-0.2, 0) is 26.2 Å². The summed E-state index contributed by atoms with van der Waals surface area (Å²) in [7, 11) is 1.98. The zero-order valence-corrected chi connectivity index (χ0v) is 20.4. The van der Waals surface area contributed by atoms with Crippen LogP contribution >= 0.6 is 23.2 Å². The molecule has 4 heterocycles. The summed E-state index contributed by atoms with van der Waals surface area (Å²) in [6.07, 6.45) is 2.30. The molecule has 1 aromatic carbocycles. The predicted octanol–water partition coefficient (Wildman–Crippen LogP) is 5.23. The van der Waals surface area contributed by atoms with Gasteiger partial charge in [0.25, 0.3) is 0 Å². The Hall–Kier alpha value is -2.75. The highest BCUT2D eigenvalue weighted by molar-refractivity contribution is 6.31. The second-order valence-electron chi connectivity index (χ2n) is 8.74. The van der Waals surface area contributed by atoms with E-state index < -0.39 is 16.9 Å². The first-order valence-electron chi connectivity index (χ1n) is 11.2. The quantitative estimate of drug-likeness (QED) is 0.340. The van der Waals surface area contributed by atoms with Gasteiger partial charge >= 0.3 is 6.18 Å². The first-order valence-corrected chi connectivity index (χ1v) is 12.0. The molecule has 0 radical (unpaired) electrons. The van der Waals surface area contributed by atoms with Crippen molar-refractivity contribution in [2.45, 2.75) is 25.2 Å². The molecule has 1 aliphatic rings. The molecule has 0 aliphatic carbocycles. The number of hydrogen-bond acceptors (Lipinski definition) is 3. The zero-order chi connectivity index (χ0) is 24.7. The van der Waals surface area contributed by atoms with Crippen molar-refractivity contribution in [3.05, 3.63) is 76.0 Å². The third kappa shape index (κ3) is 4.98. The van der Waals surface area contributed by atoms with Crippen molar-refractivity contribution in [2.24, 2.45) is 7.05 Å². The molecule has 184 valence electrons. The molecule has 0 saturated carbocycles. The molecule has 4 aromatic rings. The Labute approximate surface area is 210 Å². The largest absolute Gasteiger partial charge is 0.434 e. The molecule has 6 nitrogen and oxygen atoms in total. The van der Waals surface area contributed by atoms with E-state index in [1.165, 1.54) is 17.7 Å². The van der Waals surface area contributed by atoms with Gasteiger partial charge in [-0.1, -0.05) is 23.2 Å². The van der Waals surface area contributed by atoms with Gasteiger partial charge in [-0.3, -0.25) is 4.90 Å².